The molecule has 1 aromatic carbocycles. The normalized spacial score (nSPS) is 14.6. The van der Waals surface area contributed by atoms with Crippen molar-refractivity contribution in [2.45, 2.75) is 12.8 Å². The predicted molar refractivity (Wildman–Crippen MR) is 73.8 cm³/mol. The molecule has 2 amide bonds. The summed E-state index contributed by atoms with van der Waals surface area (Å²) >= 11 is 0. The maximum Gasteiger partial charge on any atom is 0.224 e. The third-order valence-corrected chi connectivity index (χ3v) is 3.22. The second kappa shape index (κ2) is 6.33. The number of anilines is 1. The lowest BCUT2D eigenvalue weighted by Crippen LogP contribution is -2.43. The van der Waals surface area contributed by atoms with Gasteiger partial charge in [0.05, 0.1) is 6.42 Å². The van der Waals surface area contributed by atoms with Gasteiger partial charge in [-0.1, -0.05) is 12.1 Å². The standard InChI is InChI=1S/C14H19N3O2/c1-15-13(18)6-10-2-4-12(5-3-10)17-14(19)7-11-8-16-9-11/h2-5,11,16H,6-9H2,1H3,(H,15,18)(H,17,19). The Bertz CT molecular complexity index is 452. The van der Waals surface area contributed by atoms with E-state index in [4.69, 9.17) is 0 Å². The summed E-state index contributed by atoms with van der Waals surface area (Å²) in [6.07, 6.45) is 0.922. The van der Waals surface area contributed by atoms with Crippen LogP contribution in [0, 0.1) is 5.92 Å². The average Bonchev–Trinajstić information content (AvgIpc) is 2.36. The molecule has 0 saturated carbocycles. The lowest BCUT2D eigenvalue weighted by Gasteiger charge is -2.26. The number of hydrogen-bond acceptors (Lipinski definition) is 3. The quantitative estimate of drug-likeness (QED) is 0.724. The molecule has 0 radical (unpaired) electrons. The van der Waals surface area contributed by atoms with Gasteiger partial charge in [-0.15, -0.1) is 0 Å². The van der Waals surface area contributed by atoms with E-state index < -0.39 is 0 Å². The summed E-state index contributed by atoms with van der Waals surface area (Å²) in [5.74, 6) is 0.493. The molecule has 0 aliphatic carbocycles. The van der Waals surface area contributed by atoms with Gasteiger partial charge < -0.3 is 16.0 Å². The van der Waals surface area contributed by atoms with Crippen LogP contribution in [0.3, 0.4) is 0 Å². The third kappa shape index (κ3) is 4.06. The fourth-order valence-corrected chi connectivity index (χ4v) is 1.95. The summed E-state index contributed by atoms with van der Waals surface area (Å²) in [6, 6.07) is 7.37. The molecule has 19 heavy (non-hydrogen) atoms. The first-order valence-electron chi connectivity index (χ1n) is 6.47. The number of carbonyl (C=O) groups is 2. The summed E-state index contributed by atoms with van der Waals surface area (Å²) in [7, 11) is 1.62. The fourth-order valence-electron chi connectivity index (χ4n) is 1.95. The lowest BCUT2D eigenvalue weighted by molar-refractivity contribution is -0.120. The van der Waals surface area contributed by atoms with E-state index >= 15 is 0 Å². The minimum atomic E-state index is -0.0192. The second-order valence-corrected chi connectivity index (χ2v) is 4.82. The van der Waals surface area contributed by atoms with Crippen molar-refractivity contribution in [1.82, 2.24) is 10.6 Å². The van der Waals surface area contributed by atoms with Gasteiger partial charge in [0.2, 0.25) is 11.8 Å². The molecule has 1 aromatic rings. The number of amides is 2. The van der Waals surface area contributed by atoms with Crippen molar-refractivity contribution in [3.8, 4) is 0 Å². The summed E-state index contributed by atoms with van der Waals surface area (Å²) in [5, 5.41) is 8.59. The van der Waals surface area contributed by atoms with Crippen molar-refractivity contribution >= 4 is 17.5 Å². The number of benzene rings is 1. The number of nitrogens with one attached hydrogen (secondary N) is 3. The zero-order valence-corrected chi connectivity index (χ0v) is 11.0. The van der Waals surface area contributed by atoms with Gasteiger partial charge in [0.1, 0.15) is 0 Å². The molecule has 102 valence electrons. The van der Waals surface area contributed by atoms with E-state index in [9.17, 15) is 9.59 Å². The summed E-state index contributed by atoms with van der Waals surface area (Å²) < 4.78 is 0. The highest BCUT2D eigenvalue weighted by Crippen LogP contribution is 2.13. The van der Waals surface area contributed by atoms with E-state index in [0.29, 0.717) is 18.8 Å². The molecule has 0 bridgehead atoms. The molecule has 0 unspecified atom stereocenters. The van der Waals surface area contributed by atoms with E-state index in [1.807, 2.05) is 24.3 Å². The molecule has 0 atom stereocenters. The zero-order chi connectivity index (χ0) is 13.7. The first-order valence-corrected chi connectivity index (χ1v) is 6.47. The molecule has 1 aliphatic rings. The summed E-state index contributed by atoms with van der Waals surface area (Å²) in [4.78, 5) is 22.9. The van der Waals surface area contributed by atoms with Crippen LogP contribution in [0.25, 0.3) is 0 Å². The molecule has 0 spiro atoms. The van der Waals surface area contributed by atoms with Crippen molar-refractivity contribution in [2.24, 2.45) is 5.92 Å². The van der Waals surface area contributed by atoms with Crippen LogP contribution < -0.4 is 16.0 Å². The van der Waals surface area contributed by atoms with Crippen LogP contribution in [0.4, 0.5) is 5.69 Å². The molecular weight excluding hydrogens is 242 g/mol. The Hall–Kier alpha value is -1.88. The van der Waals surface area contributed by atoms with Gasteiger partial charge in [0.25, 0.3) is 0 Å². The van der Waals surface area contributed by atoms with Crippen LogP contribution in [0.2, 0.25) is 0 Å². The predicted octanol–water partition coefficient (Wildman–Crippen LogP) is 0.523. The van der Waals surface area contributed by atoms with Gasteiger partial charge >= 0.3 is 0 Å². The van der Waals surface area contributed by atoms with Gasteiger partial charge in [-0.3, -0.25) is 9.59 Å². The third-order valence-electron chi connectivity index (χ3n) is 3.22. The first-order chi connectivity index (χ1) is 9.17. The average molecular weight is 261 g/mol. The van der Waals surface area contributed by atoms with Crippen LogP contribution in [0.1, 0.15) is 12.0 Å². The molecular formula is C14H19N3O2. The van der Waals surface area contributed by atoms with Gasteiger partial charge in [0, 0.05) is 19.2 Å². The molecule has 5 nitrogen and oxygen atoms in total. The Balaban J connectivity index is 1.83. The lowest BCUT2D eigenvalue weighted by atomic mass is 9.99. The molecule has 2 rings (SSSR count). The van der Waals surface area contributed by atoms with Crippen molar-refractivity contribution in [2.75, 3.05) is 25.5 Å². The van der Waals surface area contributed by atoms with Gasteiger partial charge in [-0.25, -0.2) is 0 Å². The fraction of sp³-hybridized carbons (Fsp3) is 0.429. The first kappa shape index (κ1) is 13.5. The number of carbonyl (C=O) groups excluding carboxylic acids is 2. The van der Waals surface area contributed by atoms with Gasteiger partial charge in [-0.2, -0.15) is 0 Å². The topological polar surface area (TPSA) is 70.2 Å². The SMILES string of the molecule is CNC(=O)Cc1ccc(NC(=O)CC2CNC2)cc1. The second-order valence-electron chi connectivity index (χ2n) is 4.82. The summed E-state index contributed by atoms with van der Waals surface area (Å²) in [5.41, 5.74) is 1.71. The van der Waals surface area contributed by atoms with E-state index in [2.05, 4.69) is 16.0 Å². The Morgan fingerprint density at radius 1 is 1.21 bits per heavy atom. The van der Waals surface area contributed by atoms with E-state index in [1.165, 1.54) is 0 Å². The number of rotatable bonds is 5. The Kier molecular flexibility index (Phi) is 4.52. The highest BCUT2D eigenvalue weighted by Gasteiger charge is 2.19. The molecule has 5 heteroatoms. The molecule has 1 saturated heterocycles. The van der Waals surface area contributed by atoms with Crippen LogP contribution in [0.5, 0.6) is 0 Å². The Morgan fingerprint density at radius 3 is 2.42 bits per heavy atom. The van der Waals surface area contributed by atoms with E-state index in [0.717, 1.165) is 24.3 Å². The van der Waals surface area contributed by atoms with Gasteiger partial charge in [-0.05, 0) is 36.7 Å². The Morgan fingerprint density at radius 2 is 1.89 bits per heavy atom. The monoisotopic (exact) mass is 261 g/mol. The molecule has 1 aliphatic heterocycles. The molecule has 0 aromatic heterocycles. The number of hydrogen-bond donors (Lipinski definition) is 3. The highest BCUT2D eigenvalue weighted by molar-refractivity contribution is 5.91. The molecule has 1 heterocycles. The Labute approximate surface area is 112 Å². The minimum absolute atomic E-state index is 0.0192. The summed E-state index contributed by atoms with van der Waals surface area (Å²) in [6.45, 7) is 1.86. The van der Waals surface area contributed by atoms with Crippen molar-refractivity contribution in [3.05, 3.63) is 29.8 Å². The maximum atomic E-state index is 11.7. The van der Waals surface area contributed by atoms with E-state index in [1.54, 1.807) is 7.05 Å². The van der Waals surface area contributed by atoms with Gasteiger partial charge in [0.15, 0.2) is 0 Å². The van der Waals surface area contributed by atoms with Crippen LogP contribution in [-0.4, -0.2) is 32.0 Å². The van der Waals surface area contributed by atoms with Crippen molar-refractivity contribution in [1.29, 1.82) is 0 Å². The smallest absolute Gasteiger partial charge is 0.224 e. The maximum absolute atomic E-state index is 11.7. The highest BCUT2D eigenvalue weighted by atomic mass is 16.2. The van der Waals surface area contributed by atoms with Crippen molar-refractivity contribution < 1.29 is 9.59 Å². The molecule has 3 N–H and O–H groups in total. The van der Waals surface area contributed by atoms with Crippen LogP contribution in [-0.2, 0) is 16.0 Å². The van der Waals surface area contributed by atoms with E-state index in [-0.39, 0.29) is 11.8 Å². The van der Waals surface area contributed by atoms with Crippen LogP contribution >= 0.6 is 0 Å². The largest absolute Gasteiger partial charge is 0.359 e. The van der Waals surface area contributed by atoms with Crippen LogP contribution in [0.15, 0.2) is 24.3 Å². The zero-order valence-electron chi connectivity index (χ0n) is 11.0. The number of likely N-dealkylation sites (N-methyl/N-ethyl adjacent to an activating group) is 1. The minimum Gasteiger partial charge on any atom is -0.359 e. The molecule has 1 fully saturated rings. The van der Waals surface area contributed by atoms with Crippen molar-refractivity contribution in [3.63, 3.8) is 0 Å².